The zero-order valence-electron chi connectivity index (χ0n) is 20.9. The van der Waals surface area contributed by atoms with Gasteiger partial charge in [-0.2, -0.15) is 0 Å². The Morgan fingerprint density at radius 2 is 1.22 bits per heavy atom. The third kappa shape index (κ3) is 4.05. The van der Waals surface area contributed by atoms with E-state index in [9.17, 15) is 0 Å². The third-order valence-electron chi connectivity index (χ3n) is 6.78. The van der Waals surface area contributed by atoms with Gasteiger partial charge in [-0.15, -0.1) is 0 Å². The first-order valence-electron chi connectivity index (χ1n) is 12.3. The molecule has 3 nitrogen and oxygen atoms in total. The molecule has 0 spiro atoms. The average Bonchev–Trinajstić information content (AvgIpc) is 2.96. The third-order valence-corrected chi connectivity index (χ3v) is 6.78. The van der Waals surface area contributed by atoms with Crippen LogP contribution in [0.3, 0.4) is 0 Å². The van der Waals surface area contributed by atoms with Crippen LogP contribution in [0.4, 0.5) is 0 Å². The second-order valence-corrected chi connectivity index (χ2v) is 9.19. The molecule has 37 heavy (non-hydrogen) atoms. The molecule has 5 aromatic carbocycles. The Bertz CT molecular complexity index is 1770. The fourth-order valence-electron chi connectivity index (χ4n) is 4.90. The number of hydrogen-bond donors (Lipinski definition) is 0. The highest BCUT2D eigenvalue weighted by Gasteiger charge is 2.20. The average molecular weight is 479 g/mol. The predicted octanol–water partition coefficient (Wildman–Crippen LogP) is 8.83. The lowest BCUT2D eigenvalue weighted by Gasteiger charge is -2.17. The van der Waals surface area contributed by atoms with E-state index in [1.807, 2.05) is 25.1 Å². The fraction of sp³-hybridized carbons (Fsp3) is 0.0588. The van der Waals surface area contributed by atoms with Crippen LogP contribution in [-0.2, 0) is 0 Å². The van der Waals surface area contributed by atoms with E-state index in [2.05, 4.69) is 97.6 Å². The van der Waals surface area contributed by atoms with Gasteiger partial charge in [-0.25, -0.2) is 9.97 Å². The highest BCUT2D eigenvalue weighted by Crippen LogP contribution is 2.40. The summed E-state index contributed by atoms with van der Waals surface area (Å²) in [7, 11) is 1.68. The summed E-state index contributed by atoms with van der Waals surface area (Å²) in [6.45, 7) is 6.08. The lowest BCUT2D eigenvalue weighted by atomic mass is 9.96. The van der Waals surface area contributed by atoms with Crippen molar-refractivity contribution in [3.05, 3.63) is 121 Å². The number of rotatable bonds is 5. The Balaban J connectivity index is 1.68. The monoisotopic (exact) mass is 478 g/mol. The first-order chi connectivity index (χ1) is 18.1. The molecule has 0 fully saturated rings. The quantitative estimate of drug-likeness (QED) is 0.232. The summed E-state index contributed by atoms with van der Waals surface area (Å²) in [6.07, 6.45) is 0. The van der Waals surface area contributed by atoms with E-state index in [-0.39, 0.29) is 0 Å². The van der Waals surface area contributed by atoms with E-state index >= 15 is 0 Å². The van der Waals surface area contributed by atoms with Crippen molar-refractivity contribution in [3.63, 3.8) is 0 Å². The topological polar surface area (TPSA) is 35.0 Å². The van der Waals surface area contributed by atoms with Gasteiger partial charge in [-0.05, 0) is 40.1 Å². The minimum atomic E-state index is 0.656. The van der Waals surface area contributed by atoms with Crippen molar-refractivity contribution in [2.45, 2.75) is 6.92 Å². The molecular weight excluding hydrogens is 452 g/mol. The van der Waals surface area contributed by atoms with Crippen LogP contribution in [0.1, 0.15) is 12.5 Å². The van der Waals surface area contributed by atoms with E-state index in [0.717, 1.165) is 50.0 Å². The fourth-order valence-corrected chi connectivity index (χ4v) is 4.90. The van der Waals surface area contributed by atoms with Crippen molar-refractivity contribution < 1.29 is 4.74 Å². The van der Waals surface area contributed by atoms with Gasteiger partial charge < -0.3 is 4.74 Å². The number of benzene rings is 5. The molecule has 0 saturated carbocycles. The second kappa shape index (κ2) is 9.36. The van der Waals surface area contributed by atoms with E-state index < -0.39 is 0 Å². The largest absolute Gasteiger partial charge is 0.492 e. The molecule has 0 bridgehead atoms. The smallest absolute Gasteiger partial charge is 0.171 e. The maximum Gasteiger partial charge on any atom is 0.171 e. The molecule has 0 unspecified atom stereocenters. The minimum Gasteiger partial charge on any atom is -0.492 e. The molecule has 0 amide bonds. The predicted molar refractivity (Wildman–Crippen MR) is 155 cm³/mol. The van der Waals surface area contributed by atoms with Crippen LogP contribution in [0.2, 0.25) is 0 Å². The van der Waals surface area contributed by atoms with Gasteiger partial charge >= 0.3 is 0 Å². The van der Waals surface area contributed by atoms with Crippen molar-refractivity contribution in [2.75, 3.05) is 7.11 Å². The maximum atomic E-state index is 5.97. The molecule has 6 aromatic rings. The molecule has 178 valence electrons. The number of nitrogens with zero attached hydrogens (tertiary/aromatic N) is 2. The van der Waals surface area contributed by atoms with Crippen LogP contribution in [-0.4, -0.2) is 17.1 Å². The van der Waals surface area contributed by atoms with Crippen molar-refractivity contribution in [1.82, 2.24) is 9.97 Å². The summed E-state index contributed by atoms with van der Waals surface area (Å²) in [4.78, 5) is 10.3. The summed E-state index contributed by atoms with van der Waals surface area (Å²) in [5, 5.41) is 4.68. The zero-order valence-corrected chi connectivity index (χ0v) is 20.9. The first kappa shape index (κ1) is 22.7. The molecule has 3 heteroatoms. The number of allylic oxidation sites excluding steroid dienone is 1. The Kier molecular flexibility index (Phi) is 5.74. The van der Waals surface area contributed by atoms with E-state index in [4.69, 9.17) is 14.7 Å². The molecule has 0 aliphatic carbocycles. The summed E-state index contributed by atoms with van der Waals surface area (Å²) >= 11 is 0. The highest BCUT2D eigenvalue weighted by molar-refractivity contribution is 6.13. The van der Waals surface area contributed by atoms with E-state index in [0.29, 0.717) is 11.6 Å². The van der Waals surface area contributed by atoms with Crippen LogP contribution in [0.15, 0.2) is 116 Å². The summed E-state index contributed by atoms with van der Waals surface area (Å²) < 4.78 is 5.97. The zero-order chi connectivity index (χ0) is 25.4. The molecular formula is C34H26N2O. The maximum absolute atomic E-state index is 5.97. The molecule has 1 aromatic heterocycles. The van der Waals surface area contributed by atoms with Gasteiger partial charge in [-0.1, -0.05) is 115 Å². The normalized spacial score (nSPS) is 11.1. The summed E-state index contributed by atoms with van der Waals surface area (Å²) in [6, 6.07) is 37.6. The standard InChI is InChI=1S/C34H26N2O/c1-22(2)23-17-19-25(20-18-23)32-33(37-3)31(24-11-5-4-6-12-24)35-34(36-32)30-21-26-13-7-8-14-27(26)28-15-9-10-16-29(28)30/h4-21H,1H2,2-3H3. The highest BCUT2D eigenvalue weighted by atomic mass is 16.5. The van der Waals surface area contributed by atoms with Gasteiger partial charge in [0.25, 0.3) is 0 Å². The molecule has 0 saturated heterocycles. The van der Waals surface area contributed by atoms with Gasteiger partial charge in [0.05, 0.1) is 7.11 Å². The number of methoxy groups -OCH3 is 1. The summed E-state index contributed by atoms with van der Waals surface area (Å²) in [5.74, 6) is 1.32. The SMILES string of the molecule is C=C(C)c1ccc(-c2nc(-c3cc4ccccc4c4ccccc34)nc(-c3ccccc3)c2OC)cc1. The van der Waals surface area contributed by atoms with Gasteiger partial charge in [-0.3, -0.25) is 0 Å². The Morgan fingerprint density at radius 1 is 0.649 bits per heavy atom. The Morgan fingerprint density at radius 3 is 1.86 bits per heavy atom. The van der Waals surface area contributed by atoms with Crippen LogP contribution in [0.5, 0.6) is 5.75 Å². The van der Waals surface area contributed by atoms with Crippen molar-refractivity contribution in [3.8, 4) is 39.7 Å². The molecule has 0 atom stereocenters. The lowest BCUT2D eigenvalue weighted by Crippen LogP contribution is -2.01. The summed E-state index contributed by atoms with van der Waals surface area (Å²) in [5.41, 5.74) is 6.59. The van der Waals surface area contributed by atoms with E-state index in [1.165, 1.54) is 10.8 Å². The number of fused-ring (bicyclic) bond motifs is 3. The molecule has 0 aliphatic rings. The molecule has 0 N–H and O–H groups in total. The van der Waals surface area contributed by atoms with Crippen molar-refractivity contribution in [2.24, 2.45) is 0 Å². The van der Waals surface area contributed by atoms with Crippen LogP contribution in [0, 0.1) is 0 Å². The van der Waals surface area contributed by atoms with Gasteiger partial charge in [0.15, 0.2) is 11.6 Å². The molecule has 1 heterocycles. The Labute approximate surface area is 216 Å². The number of hydrogen-bond acceptors (Lipinski definition) is 3. The number of ether oxygens (including phenoxy) is 1. The molecule has 0 radical (unpaired) electrons. The van der Waals surface area contributed by atoms with Crippen molar-refractivity contribution >= 4 is 27.1 Å². The minimum absolute atomic E-state index is 0.656. The van der Waals surface area contributed by atoms with Crippen LogP contribution >= 0.6 is 0 Å². The van der Waals surface area contributed by atoms with Crippen LogP contribution < -0.4 is 4.74 Å². The van der Waals surface area contributed by atoms with Crippen molar-refractivity contribution in [1.29, 1.82) is 0 Å². The second-order valence-electron chi connectivity index (χ2n) is 9.19. The van der Waals surface area contributed by atoms with Gasteiger partial charge in [0, 0.05) is 16.7 Å². The molecule has 6 rings (SSSR count). The molecule has 0 aliphatic heterocycles. The first-order valence-corrected chi connectivity index (χ1v) is 12.3. The van der Waals surface area contributed by atoms with Crippen LogP contribution in [0.25, 0.3) is 61.0 Å². The Hall–Kier alpha value is -4.76. The van der Waals surface area contributed by atoms with E-state index in [1.54, 1.807) is 7.11 Å². The van der Waals surface area contributed by atoms with Gasteiger partial charge in [0.1, 0.15) is 11.4 Å². The van der Waals surface area contributed by atoms with Gasteiger partial charge in [0.2, 0.25) is 0 Å². The lowest BCUT2D eigenvalue weighted by molar-refractivity contribution is 0.415. The number of aromatic nitrogens is 2.